The number of aromatic nitrogens is 2. The molecule has 0 saturated carbocycles. The van der Waals surface area contributed by atoms with E-state index in [0.717, 1.165) is 16.3 Å². The van der Waals surface area contributed by atoms with Crippen LogP contribution in [0.15, 0.2) is 54.2 Å². The Morgan fingerprint density at radius 3 is 2.88 bits per heavy atom. The zero-order valence-electron chi connectivity index (χ0n) is 14.2. The van der Waals surface area contributed by atoms with Gasteiger partial charge in [-0.25, -0.2) is 4.98 Å². The van der Waals surface area contributed by atoms with Gasteiger partial charge in [0, 0.05) is 36.9 Å². The third-order valence-corrected chi connectivity index (χ3v) is 4.45. The van der Waals surface area contributed by atoms with Crippen LogP contribution < -0.4 is 4.74 Å². The second kappa shape index (κ2) is 7.90. The molecule has 6 heteroatoms. The molecular formula is C19H19N3O2S. The first-order valence-electron chi connectivity index (χ1n) is 7.90. The van der Waals surface area contributed by atoms with Crippen LogP contribution >= 0.6 is 11.3 Å². The van der Waals surface area contributed by atoms with E-state index in [9.17, 15) is 4.79 Å². The van der Waals surface area contributed by atoms with E-state index in [1.807, 2.05) is 36.6 Å². The van der Waals surface area contributed by atoms with Crippen LogP contribution in [0.25, 0.3) is 0 Å². The molecule has 0 fully saturated rings. The molecule has 0 N–H and O–H groups in total. The van der Waals surface area contributed by atoms with Crippen molar-refractivity contribution >= 4 is 17.2 Å². The van der Waals surface area contributed by atoms with Crippen molar-refractivity contribution in [1.29, 1.82) is 0 Å². The summed E-state index contributed by atoms with van der Waals surface area (Å²) < 4.78 is 5.76. The van der Waals surface area contributed by atoms with Crippen molar-refractivity contribution in [2.75, 3.05) is 7.05 Å². The van der Waals surface area contributed by atoms with E-state index in [1.54, 1.807) is 47.8 Å². The van der Waals surface area contributed by atoms with Crippen molar-refractivity contribution in [1.82, 2.24) is 14.9 Å². The molecule has 1 amide bonds. The number of amides is 1. The standard InChI is InChI=1S/C19H19N3O2S/c1-14-21-17(13-25-14)12-24-18-7-3-6-16(9-18)19(23)22(2)11-15-5-4-8-20-10-15/h3-10,13H,11-12H2,1-2H3. The van der Waals surface area contributed by atoms with Crippen LogP contribution in [0.5, 0.6) is 5.75 Å². The molecule has 0 aliphatic rings. The van der Waals surface area contributed by atoms with Crippen LogP contribution in [0.1, 0.15) is 26.6 Å². The van der Waals surface area contributed by atoms with Gasteiger partial charge in [0.05, 0.1) is 10.7 Å². The summed E-state index contributed by atoms with van der Waals surface area (Å²) in [5.74, 6) is 0.602. The number of hydrogen-bond acceptors (Lipinski definition) is 5. The molecule has 0 aliphatic heterocycles. The van der Waals surface area contributed by atoms with Crippen LogP contribution in [0.4, 0.5) is 0 Å². The summed E-state index contributed by atoms with van der Waals surface area (Å²) >= 11 is 1.60. The molecule has 1 aromatic carbocycles. The lowest BCUT2D eigenvalue weighted by Gasteiger charge is -2.17. The molecule has 0 bridgehead atoms. The highest BCUT2D eigenvalue weighted by Gasteiger charge is 2.13. The molecule has 0 aliphatic carbocycles. The van der Waals surface area contributed by atoms with Crippen molar-refractivity contribution in [3.8, 4) is 5.75 Å². The van der Waals surface area contributed by atoms with E-state index < -0.39 is 0 Å². The third kappa shape index (κ3) is 4.64. The molecule has 0 spiro atoms. The zero-order valence-corrected chi connectivity index (χ0v) is 15.0. The first-order valence-corrected chi connectivity index (χ1v) is 8.78. The number of aryl methyl sites for hydroxylation is 1. The number of thiazole rings is 1. The van der Waals surface area contributed by atoms with Gasteiger partial charge in [0.2, 0.25) is 0 Å². The SMILES string of the molecule is Cc1nc(COc2cccc(C(=O)N(C)Cc3cccnc3)c2)cs1. The van der Waals surface area contributed by atoms with E-state index >= 15 is 0 Å². The average molecular weight is 353 g/mol. The van der Waals surface area contributed by atoms with Gasteiger partial charge in [-0.2, -0.15) is 0 Å². The van der Waals surface area contributed by atoms with Gasteiger partial charge < -0.3 is 9.64 Å². The van der Waals surface area contributed by atoms with Gasteiger partial charge in [0.25, 0.3) is 5.91 Å². The highest BCUT2D eigenvalue weighted by atomic mass is 32.1. The monoisotopic (exact) mass is 353 g/mol. The summed E-state index contributed by atoms with van der Waals surface area (Å²) in [7, 11) is 1.78. The van der Waals surface area contributed by atoms with Gasteiger partial charge in [-0.15, -0.1) is 11.3 Å². The Morgan fingerprint density at radius 1 is 1.28 bits per heavy atom. The molecule has 5 nitrogen and oxygen atoms in total. The second-order valence-electron chi connectivity index (χ2n) is 5.70. The van der Waals surface area contributed by atoms with E-state index in [2.05, 4.69) is 9.97 Å². The topological polar surface area (TPSA) is 55.3 Å². The van der Waals surface area contributed by atoms with E-state index in [1.165, 1.54) is 0 Å². The maximum absolute atomic E-state index is 12.6. The molecule has 2 heterocycles. The molecule has 128 valence electrons. The van der Waals surface area contributed by atoms with E-state index in [4.69, 9.17) is 4.74 Å². The van der Waals surface area contributed by atoms with Crippen LogP contribution in [0.3, 0.4) is 0 Å². The number of hydrogen-bond donors (Lipinski definition) is 0. The summed E-state index contributed by atoms with van der Waals surface area (Å²) in [6, 6.07) is 11.0. The predicted molar refractivity (Wildman–Crippen MR) is 97.7 cm³/mol. The van der Waals surface area contributed by atoms with Crippen molar-refractivity contribution < 1.29 is 9.53 Å². The lowest BCUT2D eigenvalue weighted by atomic mass is 10.2. The van der Waals surface area contributed by atoms with Gasteiger partial charge in [0.15, 0.2) is 0 Å². The normalized spacial score (nSPS) is 10.5. The minimum atomic E-state index is -0.0567. The number of benzene rings is 1. The fraction of sp³-hybridized carbons (Fsp3) is 0.211. The lowest BCUT2D eigenvalue weighted by Crippen LogP contribution is -2.26. The Labute approximate surface area is 150 Å². The lowest BCUT2D eigenvalue weighted by molar-refractivity contribution is 0.0784. The zero-order chi connectivity index (χ0) is 17.6. The Morgan fingerprint density at radius 2 is 2.16 bits per heavy atom. The summed E-state index contributed by atoms with van der Waals surface area (Å²) in [6.07, 6.45) is 3.48. The Hall–Kier alpha value is -2.73. The highest BCUT2D eigenvalue weighted by Crippen LogP contribution is 2.18. The molecule has 3 rings (SSSR count). The molecule has 0 atom stereocenters. The first kappa shape index (κ1) is 17.1. The molecule has 25 heavy (non-hydrogen) atoms. The number of rotatable bonds is 6. The maximum Gasteiger partial charge on any atom is 0.254 e. The summed E-state index contributed by atoms with van der Waals surface area (Å²) in [6.45, 7) is 2.87. The molecule has 2 aromatic heterocycles. The van der Waals surface area contributed by atoms with Gasteiger partial charge in [-0.1, -0.05) is 12.1 Å². The second-order valence-corrected chi connectivity index (χ2v) is 6.76. The average Bonchev–Trinajstić information content (AvgIpc) is 3.06. The molecule has 0 radical (unpaired) electrons. The van der Waals surface area contributed by atoms with Crippen molar-refractivity contribution in [2.45, 2.75) is 20.1 Å². The molecule has 0 saturated heterocycles. The highest BCUT2D eigenvalue weighted by molar-refractivity contribution is 7.09. The van der Waals surface area contributed by atoms with Gasteiger partial charge >= 0.3 is 0 Å². The van der Waals surface area contributed by atoms with Crippen LogP contribution in [-0.2, 0) is 13.2 Å². The maximum atomic E-state index is 12.6. The minimum Gasteiger partial charge on any atom is -0.487 e. The van der Waals surface area contributed by atoms with E-state index in [0.29, 0.717) is 24.5 Å². The van der Waals surface area contributed by atoms with Crippen LogP contribution in [-0.4, -0.2) is 27.8 Å². The molecule has 0 unspecified atom stereocenters. The Bertz CT molecular complexity index is 849. The molecule has 3 aromatic rings. The number of ether oxygens (including phenoxy) is 1. The summed E-state index contributed by atoms with van der Waals surface area (Å²) in [5.41, 5.74) is 2.48. The fourth-order valence-electron chi connectivity index (χ4n) is 2.41. The fourth-order valence-corrected chi connectivity index (χ4v) is 3.01. The van der Waals surface area contributed by atoms with Gasteiger partial charge in [-0.3, -0.25) is 9.78 Å². The number of carbonyl (C=O) groups is 1. The number of carbonyl (C=O) groups excluding carboxylic acids is 1. The minimum absolute atomic E-state index is 0.0567. The largest absolute Gasteiger partial charge is 0.487 e. The van der Waals surface area contributed by atoms with Gasteiger partial charge in [0.1, 0.15) is 12.4 Å². The van der Waals surface area contributed by atoms with Crippen molar-refractivity contribution in [2.24, 2.45) is 0 Å². The van der Waals surface area contributed by atoms with Crippen LogP contribution in [0.2, 0.25) is 0 Å². The Kier molecular flexibility index (Phi) is 5.40. The third-order valence-electron chi connectivity index (χ3n) is 3.62. The molecular weight excluding hydrogens is 334 g/mol. The van der Waals surface area contributed by atoms with E-state index in [-0.39, 0.29) is 5.91 Å². The van der Waals surface area contributed by atoms with Crippen molar-refractivity contribution in [3.05, 3.63) is 76.0 Å². The van der Waals surface area contributed by atoms with Crippen LogP contribution in [0, 0.1) is 6.92 Å². The summed E-state index contributed by atoms with van der Waals surface area (Å²) in [5, 5.41) is 2.99. The Balaban J connectivity index is 1.64. The smallest absolute Gasteiger partial charge is 0.254 e. The van der Waals surface area contributed by atoms with Crippen molar-refractivity contribution in [3.63, 3.8) is 0 Å². The quantitative estimate of drug-likeness (QED) is 0.678. The van der Waals surface area contributed by atoms with Gasteiger partial charge in [-0.05, 0) is 36.8 Å². The number of pyridine rings is 1. The first-order chi connectivity index (χ1) is 12.1. The summed E-state index contributed by atoms with van der Waals surface area (Å²) in [4.78, 5) is 22.7. The number of nitrogens with zero attached hydrogens (tertiary/aromatic N) is 3. The predicted octanol–water partition coefficient (Wildman–Crippen LogP) is 3.70.